The zero-order valence-corrected chi connectivity index (χ0v) is 45.7. The number of phenolic OH excluding ortho intramolecular Hbond substituents is 2. The highest BCUT2D eigenvalue weighted by atomic mass is 16.7. The monoisotopic (exact) mass is 1070 g/mol. The third kappa shape index (κ3) is 6.38. The van der Waals surface area contributed by atoms with Gasteiger partial charge in [0.15, 0.2) is 5.78 Å². The number of ketones is 1. The number of aliphatic hydroxyl groups excluding tert-OH is 4. The topological polar surface area (TPSA) is 237 Å². The Morgan fingerprint density at radius 2 is 1.67 bits per heavy atom. The van der Waals surface area contributed by atoms with Crippen LogP contribution in [0.4, 0.5) is 0 Å². The first-order chi connectivity index (χ1) is 37.5. The van der Waals surface area contributed by atoms with E-state index >= 15 is 0 Å². The van der Waals surface area contributed by atoms with Crippen LogP contribution in [0.15, 0.2) is 34.9 Å². The van der Waals surface area contributed by atoms with Gasteiger partial charge in [0.05, 0.1) is 35.3 Å². The van der Waals surface area contributed by atoms with Gasteiger partial charge in [-0.15, -0.1) is 0 Å². The van der Waals surface area contributed by atoms with Gasteiger partial charge in [-0.25, -0.2) is 4.79 Å². The lowest BCUT2D eigenvalue weighted by molar-refractivity contribution is -0.346. The van der Waals surface area contributed by atoms with Crippen molar-refractivity contribution in [2.75, 3.05) is 26.4 Å². The Labute approximate surface area is 456 Å². The summed E-state index contributed by atoms with van der Waals surface area (Å²) in [6.07, 6.45) is 20.9. The Morgan fingerprint density at radius 3 is 2.45 bits per heavy atom. The third-order valence-electron chi connectivity index (χ3n) is 25.7. The van der Waals surface area contributed by atoms with Crippen molar-refractivity contribution in [3.63, 3.8) is 0 Å². The number of aliphatic hydroxyl groups is 4. The van der Waals surface area contributed by atoms with Crippen molar-refractivity contribution in [1.82, 2.24) is 10.9 Å². The Kier molecular flexibility index (Phi) is 11.3. The molecule has 0 radical (unpaired) electrons. The fourth-order valence-electron chi connectivity index (χ4n) is 23.2. The number of hydrogen-bond donors (Lipinski definition) is 9. The van der Waals surface area contributed by atoms with Crippen LogP contribution in [-0.2, 0) is 14.2 Å². The molecule has 17 atom stereocenters. The first-order valence-electron chi connectivity index (χ1n) is 30.4. The molecule has 2 aromatic carbocycles. The summed E-state index contributed by atoms with van der Waals surface area (Å²) in [5, 5.41) is 82.5. The van der Waals surface area contributed by atoms with Crippen LogP contribution >= 0.6 is 0 Å². The van der Waals surface area contributed by atoms with E-state index in [2.05, 4.69) is 16.9 Å². The van der Waals surface area contributed by atoms with Crippen LogP contribution in [0.25, 0.3) is 10.8 Å². The van der Waals surface area contributed by atoms with E-state index in [-0.39, 0.29) is 80.9 Å². The fraction of sp³-hybridized carbons (Fsp3) is 0.746. The van der Waals surface area contributed by atoms with E-state index in [1.54, 1.807) is 0 Å². The zero-order chi connectivity index (χ0) is 53.7. The molecular weight excluding hydrogens is 993 g/mol. The lowest BCUT2D eigenvalue weighted by Gasteiger charge is -2.71. The average molecular weight is 1080 g/mol. The normalized spacial score (nSPS) is 46.3. The lowest BCUT2D eigenvalue weighted by Crippen LogP contribution is -2.81. The number of Topliss-reactive ketones (excluding diaryl/α,β-unsaturated/α-hetero) is 1. The van der Waals surface area contributed by atoms with Crippen LogP contribution in [0, 0.1) is 63.6 Å². The Hall–Kier alpha value is -3.64. The maximum Gasteiger partial charge on any atom is 0.335 e. The average Bonchev–Trinajstić information content (AvgIpc) is 2.34. The van der Waals surface area contributed by atoms with E-state index in [0.29, 0.717) is 49.7 Å². The molecule has 3 saturated heterocycles. The van der Waals surface area contributed by atoms with Gasteiger partial charge in [0.2, 0.25) is 6.29 Å². The van der Waals surface area contributed by atoms with Gasteiger partial charge in [0, 0.05) is 47.1 Å². The van der Waals surface area contributed by atoms with Gasteiger partial charge in [0.1, 0.15) is 41.2 Å². The van der Waals surface area contributed by atoms with Crippen LogP contribution in [0.1, 0.15) is 181 Å². The summed E-state index contributed by atoms with van der Waals surface area (Å²) in [6.45, 7) is 3.23. The second-order valence-electron chi connectivity index (χ2n) is 28.4. The smallest absolute Gasteiger partial charge is 0.335 e. The van der Waals surface area contributed by atoms with Gasteiger partial charge >= 0.3 is 5.97 Å². The molecule has 15 nitrogen and oxygen atoms in total. The van der Waals surface area contributed by atoms with Crippen molar-refractivity contribution in [1.29, 1.82) is 0 Å². The second kappa shape index (κ2) is 17.2. The van der Waals surface area contributed by atoms with Gasteiger partial charge in [-0.1, -0.05) is 38.2 Å². The van der Waals surface area contributed by atoms with Crippen LogP contribution in [0.3, 0.4) is 0 Å². The number of ether oxygens (including phenoxy) is 4. The number of benzene rings is 2. The van der Waals surface area contributed by atoms with Crippen molar-refractivity contribution < 1.29 is 64.3 Å². The molecular formula is C63H82N2O13. The van der Waals surface area contributed by atoms with Crippen molar-refractivity contribution in [2.45, 2.75) is 209 Å². The van der Waals surface area contributed by atoms with E-state index < -0.39 is 76.6 Å². The molecule has 422 valence electrons. The number of phenols is 2. The van der Waals surface area contributed by atoms with Gasteiger partial charge < -0.3 is 54.7 Å². The first-order valence-corrected chi connectivity index (χ1v) is 30.4. The highest BCUT2D eigenvalue weighted by Gasteiger charge is 2.79. The number of carbonyl (C=O) groups excluding carboxylic acids is 1. The molecule has 8 saturated carbocycles. The van der Waals surface area contributed by atoms with E-state index in [0.717, 1.165) is 50.0 Å². The van der Waals surface area contributed by atoms with E-state index in [9.17, 15) is 45.3 Å². The lowest BCUT2D eigenvalue weighted by atomic mass is 9.39. The van der Waals surface area contributed by atoms with Gasteiger partial charge in [-0.2, -0.15) is 0 Å². The number of carbonyl (C=O) groups is 2. The van der Waals surface area contributed by atoms with Crippen molar-refractivity contribution in [2.24, 2.45) is 56.7 Å². The largest absolute Gasteiger partial charge is 0.507 e. The number of fused-ring (bicyclic) bond motifs is 3. The molecule has 4 aliphatic heterocycles. The number of nitrogens with one attached hydrogen (secondary N) is 2. The molecule has 9 N–H and O–H groups in total. The summed E-state index contributed by atoms with van der Waals surface area (Å²) in [7, 11) is 0. The molecule has 15 heteroatoms. The molecule has 11 fully saturated rings. The predicted octanol–water partition coefficient (Wildman–Crippen LogP) is 8.35. The summed E-state index contributed by atoms with van der Waals surface area (Å²) >= 11 is 0. The summed E-state index contributed by atoms with van der Waals surface area (Å²) < 4.78 is 28.1. The minimum atomic E-state index is -1.83. The van der Waals surface area contributed by atoms with E-state index in [4.69, 9.17) is 18.9 Å². The number of rotatable bonds is 7. The Morgan fingerprint density at radius 1 is 0.859 bits per heavy atom. The summed E-state index contributed by atoms with van der Waals surface area (Å²) in [4.78, 5) is 25.6. The predicted molar refractivity (Wildman–Crippen MR) is 286 cm³/mol. The zero-order valence-electron chi connectivity index (χ0n) is 45.7. The maximum atomic E-state index is 13.4. The number of allylic oxidation sites excluding steroid dienone is 1. The maximum absolute atomic E-state index is 13.4. The molecule has 15 rings (SSSR count). The second-order valence-corrected chi connectivity index (χ2v) is 28.4. The van der Waals surface area contributed by atoms with Gasteiger partial charge in [-0.05, 0) is 204 Å². The molecule has 2 aromatic rings. The standard InChI is InChI=1S/C63H82N2O13/c1-33-46(34(2)68)50(70)47-39(49(33)69)22-35(54(73)74)23-43(47)76-55-51(71)53(72)63(45(27-67)77-55)25-42-48-40(11-12-41(48)61(78-63)15-4-3-5-16-61)59(20-21-66)32-75-28-36-24-57-29-58(26-44(57)64-65-62(42,31-57)52(36)59)17-13-38-9-6-8-37-10-7-14-56(37)18-19-60(38,58)30-56/h11,22-23,36-38,42,44-45,51-53,55,64-67,69-72H,3-10,12-21,24-32H2,1-2H3,(H,73,74). The van der Waals surface area contributed by atoms with Crippen LogP contribution < -0.4 is 15.6 Å². The highest BCUT2D eigenvalue weighted by Crippen LogP contribution is 2.82. The molecule has 9 aliphatic carbocycles. The highest BCUT2D eigenvalue weighted by molar-refractivity contribution is 6.11. The number of carboxylic acid groups (broad SMARTS) is 1. The summed E-state index contributed by atoms with van der Waals surface area (Å²) in [5.74, 6) is -1.57. The quantitative estimate of drug-likeness (QED) is 0.0936. The molecule has 78 heavy (non-hydrogen) atoms. The molecule has 0 aromatic heterocycles. The Balaban J connectivity index is 0.859. The van der Waals surface area contributed by atoms with Gasteiger partial charge in [-0.3, -0.25) is 15.6 Å². The number of aromatic hydroxyl groups is 2. The first kappa shape index (κ1) is 51.3. The number of hydrogen-bond acceptors (Lipinski definition) is 14. The SMILES string of the molecule is CC(=O)c1c(C)c(O)c2cc(C(=O)O)cc(OC3OC(CO)C4(CC5C6=C(CC=C6C6(CCO)COCC7CC89CC5(NNC8CC5(CCC8CCCC%10CCCC%10%11CCC85C%11)C9)C76)C5(CCCCC5)O4)C(O)C3O)c2c1O. The molecule has 7 spiro atoms. The van der Waals surface area contributed by atoms with E-state index in [1.165, 1.54) is 120 Å². The fourth-order valence-corrected chi connectivity index (χ4v) is 23.2. The summed E-state index contributed by atoms with van der Waals surface area (Å²) in [6, 6.07) is 2.58. The summed E-state index contributed by atoms with van der Waals surface area (Å²) in [5.41, 5.74) is 9.14. The van der Waals surface area contributed by atoms with Crippen LogP contribution in [0.5, 0.6) is 17.2 Å². The van der Waals surface area contributed by atoms with Crippen LogP contribution in [-0.4, -0.2) is 121 Å². The molecule has 4 bridgehead atoms. The number of carboxylic acids is 1. The minimum absolute atomic E-state index is 0.0142. The molecule has 0 amide bonds. The number of aromatic carboxylic acids is 1. The Bertz CT molecular complexity index is 2960. The molecule has 4 heterocycles. The molecule has 13 aliphatic rings. The van der Waals surface area contributed by atoms with Crippen molar-refractivity contribution in [3.05, 3.63) is 51.6 Å². The molecule has 17 unspecified atom stereocenters. The van der Waals surface area contributed by atoms with Crippen molar-refractivity contribution >= 4 is 22.5 Å². The minimum Gasteiger partial charge on any atom is -0.507 e. The van der Waals surface area contributed by atoms with Crippen molar-refractivity contribution in [3.8, 4) is 17.2 Å². The number of hydrazine groups is 1. The van der Waals surface area contributed by atoms with E-state index in [1.807, 2.05) is 0 Å². The van der Waals surface area contributed by atoms with Crippen LogP contribution in [0.2, 0.25) is 0 Å². The third-order valence-corrected chi connectivity index (χ3v) is 25.7. The van der Waals surface area contributed by atoms with Gasteiger partial charge in [0.25, 0.3) is 0 Å².